The summed E-state index contributed by atoms with van der Waals surface area (Å²) in [5.41, 5.74) is 7.91. The number of hydrogen-bond acceptors (Lipinski definition) is 1. The molecule has 0 amide bonds. The molecule has 29 heavy (non-hydrogen) atoms. The molecule has 1 heteroatoms. The molecule has 0 atom stereocenters. The van der Waals surface area contributed by atoms with Gasteiger partial charge in [-0.15, -0.1) is 0 Å². The Kier molecular flexibility index (Phi) is 7.49. The molecule has 0 radical (unpaired) electrons. The van der Waals surface area contributed by atoms with Gasteiger partial charge in [0.1, 0.15) is 0 Å². The lowest BCUT2D eigenvalue weighted by molar-refractivity contribution is 0.101. The number of carbonyl (C=O) groups excluding carboxylic acids is 1. The van der Waals surface area contributed by atoms with Crippen LogP contribution in [0.3, 0.4) is 0 Å². The van der Waals surface area contributed by atoms with Crippen molar-refractivity contribution >= 4 is 5.78 Å². The monoisotopic (exact) mass is 392 g/mol. The first kappa shape index (κ1) is 23.4. The summed E-state index contributed by atoms with van der Waals surface area (Å²) in [5, 5.41) is 0. The molecule has 0 N–H and O–H groups in total. The summed E-state index contributed by atoms with van der Waals surface area (Å²) in [7, 11) is 0. The van der Waals surface area contributed by atoms with Crippen LogP contribution in [0.15, 0.2) is 36.4 Å². The SMILES string of the molecule is CCC(CC)(c1ccc(CCCC(C)(C)C)c(C)c1)c1ccc(C(C)=O)c(C)c1. The largest absolute Gasteiger partial charge is 0.295 e. The first-order chi connectivity index (χ1) is 13.5. The zero-order chi connectivity index (χ0) is 21.8. The molecule has 0 aliphatic heterocycles. The second-order valence-electron chi connectivity index (χ2n) is 9.93. The molecule has 0 spiro atoms. The van der Waals surface area contributed by atoms with Gasteiger partial charge in [-0.1, -0.05) is 71.0 Å². The Bertz CT molecular complexity index is 847. The molecule has 0 fully saturated rings. The molecule has 0 aliphatic rings. The van der Waals surface area contributed by atoms with Gasteiger partial charge >= 0.3 is 0 Å². The summed E-state index contributed by atoms with van der Waals surface area (Å²) in [4.78, 5) is 11.9. The maximum atomic E-state index is 11.9. The molecular formula is C28H40O. The third kappa shape index (κ3) is 5.38. The van der Waals surface area contributed by atoms with Crippen molar-refractivity contribution in [1.29, 1.82) is 0 Å². The summed E-state index contributed by atoms with van der Waals surface area (Å²) >= 11 is 0. The van der Waals surface area contributed by atoms with Crippen molar-refractivity contribution in [2.45, 2.75) is 92.9 Å². The van der Waals surface area contributed by atoms with Crippen molar-refractivity contribution < 1.29 is 4.79 Å². The zero-order valence-electron chi connectivity index (χ0n) is 19.9. The predicted octanol–water partition coefficient (Wildman–Crippen LogP) is 7.98. The molecule has 0 bridgehead atoms. The Morgan fingerprint density at radius 1 is 0.862 bits per heavy atom. The van der Waals surface area contributed by atoms with Crippen molar-refractivity contribution in [2.75, 3.05) is 0 Å². The first-order valence-corrected chi connectivity index (χ1v) is 11.3. The van der Waals surface area contributed by atoms with E-state index < -0.39 is 0 Å². The highest BCUT2D eigenvalue weighted by Gasteiger charge is 2.31. The van der Waals surface area contributed by atoms with Gasteiger partial charge in [0, 0.05) is 11.0 Å². The molecule has 0 heterocycles. The molecule has 0 aromatic heterocycles. The number of benzene rings is 2. The van der Waals surface area contributed by atoms with Crippen LogP contribution in [0.25, 0.3) is 0 Å². The molecular weight excluding hydrogens is 352 g/mol. The fourth-order valence-corrected chi connectivity index (χ4v) is 4.67. The maximum Gasteiger partial charge on any atom is 0.160 e. The Labute approximate surface area is 178 Å². The second-order valence-corrected chi connectivity index (χ2v) is 9.93. The molecule has 0 aliphatic carbocycles. The van der Waals surface area contributed by atoms with E-state index in [1.807, 2.05) is 6.07 Å². The Morgan fingerprint density at radius 2 is 1.41 bits per heavy atom. The summed E-state index contributed by atoms with van der Waals surface area (Å²) in [6, 6.07) is 13.5. The Hall–Kier alpha value is -1.89. The number of Topliss-reactive ketones (excluding diaryl/α,β-unsaturated/α-hetero) is 1. The molecule has 2 aromatic carbocycles. The van der Waals surface area contributed by atoms with Gasteiger partial charge < -0.3 is 0 Å². The maximum absolute atomic E-state index is 11.9. The lowest BCUT2D eigenvalue weighted by Crippen LogP contribution is -2.26. The molecule has 1 nitrogen and oxygen atoms in total. The molecule has 2 rings (SSSR count). The van der Waals surface area contributed by atoms with Gasteiger partial charge in [-0.2, -0.15) is 0 Å². The van der Waals surface area contributed by atoms with Gasteiger partial charge in [0.2, 0.25) is 0 Å². The van der Waals surface area contributed by atoms with Crippen molar-refractivity contribution in [2.24, 2.45) is 5.41 Å². The Morgan fingerprint density at radius 3 is 1.86 bits per heavy atom. The summed E-state index contributed by atoms with van der Waals surface area (Å²) in [6.45, 7) is 17.5. The number of carbonyl (C=O) groups is 1. The minimum absolute atomic E-state index is 0.00518. The van der Waals surface area contributed by atoms with E-state index >= 15 is 0 Å². The fraction of sp³-hybridized carbons (Fsp3) is 0.536. The topological polar surface area (TPSA) is 17.1 Å². The number of rotatable bonds is 8. The molecule has 2 aromatic rings. The van der Waals surface area contributed by atoms with E-state index in [9.17, 15) is 4.79 Å². The van der Waals surface area contributed by atoms with E-state index in [0.29, 0.717) is 5.41 Å². The Balaban J connectivity index is 2.38. The quantitative estimate of drug-likeness (QED) is 0.416. The van der Waals surface area contributed by atoms with E-state index in [1.165, 1.54) is 35.1 Å². The molecule has 0 unspecified atom stereocenters. The minimum atomic E-state index is -0.00518. The number of ketones is 1. The molecule has 0 saturated heterocycles. The van der Waals surface area contributed by atoms with Crippen LogP contribution in [0.4, 0.5) is 0 Å². The van der Waals surface area contributed by atoms with E-state index in [0.717, 1.165) is 30.4 Å². The van der Waals surface area contributed by atoms with Crippen LogP contribution >= 0.6 is 0 Å². The smallest absolute Gasteiger partial charge is 0.160 e. The van der Waals surface area contributed by atoms with Gasteiger partial charge in [0.15, 0.2) is 5.78 Å². The van der Waals surface area contributed by atoms with Crippen molar-refractivity contribution in [1.82, 2.24) is 0 Å². The van der Waals surface area contributed by atoms with Gasteiger partial charge in [0.25, 0.3) is 0 Å². The van der Waals surface area contributed by atoms with E-state index in [2.05, 4.69) is 78.8 Å². The van der Waals surface area contributed by atoms with Crippen molar-refractivity contribution in [3.63, 3.8) is 0 Å². The number of hydrogen-bond donors (Lipinski definition) is 0. The fourth-order valence-electron chi connectivity index (χ4n) is 4.67. The van der Waals surface area contributed by atoms with Crippen LogP contribution in [-0.2, 0) is 11.8 Å². The highest BCUT2D eigenvalue weighted by Crippen LogP contribution is 2.40. The highest BCUT2D eigenvalue weighted by atomic mass is 16.1. The molecule has 0 saturated carbocycles. The van der Waals surface area contributed by atoms with Gasteiger partial charge in [-0.3, -0.25) is 4.79 Å². The van der Waals surface area contributed by atoms with Crippen LogP contribution < -0.4 is 0 Å². The van der Waals surface area contributed by atoms with Crippen molar-refractivity contribution in [3.8, 4) is 0 Å². The standard InChI is InChI=1S/C28H40O/c1-9-28(10-2,25-15-16-26(22(5)29)21(4)19-25)24-14-13-23(20(3)18-24)12-11-17-27(6,7)8/h13-16,18-19H,9-12,17H2,1-8H3. The van der Waals surface area contributed by atoms with Gasteiger partial charge in [-0.25, -0.2) is 0 Å². The lowest BCUT2D eigenvalue weighted by atomic mass is 9.69. The lowest BCUT2D eigenvalue weighted by Gasteiger charge is -2.34. The normalized spacial score (nSPS) is 12.3. The zero-order valence-corrected chi connectivity index (χ0v) is 19.9. The van der Waals surface area contributed by atoms with E-state index in [1.54, 1.807) is 6.92 Å². The first-order valence-electron chi connectivity index (χ1n) is 11.3. The van der Waals surface area contributed by atoms with Crippen LogP contribution in [0.1, 0.15) is 105 Å². The van der Waals surface area contributed by atoms with Crippen LogP contribution in [-0.4, -0.2) is 5.78 Å². The third-order valence-electron chi connectivity index (χ3n) is 6.63. The molecule has 158 valence electrons. The van der Waals surface area contributed by atoms with E-state index in [-0.39, 0.29) is 11.2 Å². The average molecular weight is 393 g/mol. The predicted molar refractivity (Wildman–Crippen MR) is 126 cm³/mol. The van der Waals surface area contributed by atoms with E-state index in [4.69, 9.17) is 0 Å². The van der Waals surface area contributed by atoms with Gasteiger partial charge in [0.05, 0.1) is 0 Å². The summed E-state index contributed by atoms with van der Waals surface area (Å²) < 4.78 is 0. The van der Waals surface area contributed by atoms with Gasteiger partial charge in [-0.05, 0) is 86.1 Å². The minimum Gasteiger partial charge on any atom is -0.295 e. The van der Waals surface area contributed by atoms with Crippen LogP contribution in [0.5, 0.6) is 0 Å². The summed E-state index contributed by atoms with van der Waals surface area (Å²) in [6.07, 6.45) is 5.74. The van der Waals surface area contributed by atoms with Crippen molar-refractivity contribution in [3.05, 3.63) is 69.8 Å². The van der Waals surface area contributed by atoms with Crippen LogP contribution in [0.2, 0.25) is 0 Å². The highest BCUT2D eigenvalue weighted by molar-refractivity contribution is 5.95. The second kappa shape index (κ2) is 9.28. The average Bonchev–Trinajstić information content (AvgIpc) is 2.63. The van der Waals surface area contributed by atoms with Crippen LogP contribution in [0, 0.1) is 19.3 Å². The third-order valence-corrected chi connectivity index (χ3v) is 6.63. The number of aryl methyl sites for hydroxylation is 3. The summed E-state index contributed by atoms with van der Waals surface area (Å²) in [5.74, 6) is 0.142.